The Kier molecular flexibility index (Phi) is 5.85. The van der Waals surface area contributed by atoms with E-state index in [0.717, 1.165) is 37.5 Å². The molecule has 0 amide bonds. The number of benzene rings is 2. The zero-order chi connectivity index (χ0) is 21.3. The monoisotopic (exact) mass is 428 g/mol. The van der Waals surface area contributed by atoms with Crippen LogP contribution in [0.1, 0.15) is 44.6 Å². The van der Waals surface area contributed by atoms with Gasteiger partial charge in [0.1, 0.15) is 11.6 Å². The summed E-state index contributed by atoms with van der Waals surface area (Å²) < 4.78 is 20.9. The van der Waals surface area contributed by atoms with E-state index in [1.807, 2.05) is 31.2 Å². The Morgan fingerprint density at radius 1 is 1.27 bits per heavy atom. The Hall–Kier alpha value is -2.37. The smallest absolute Gasteiger partial charge is 0.255 e. The minimum absolute atomic E-state index is 0.0362. The lowest BCUT2D eigenvalue weighted by Crippen LogP contribution is -2.49. The van der Waals surface area contributed by atoms with Crippen LogP contribution in [0.15, 0.2) is 53.5 Å². The standard InChI is InChI=1S/C24H26ClFN2O2/c1-2-22(27)24(18-5-3-4-6-20(18)26)10-7-16(8-11-24)30-21-13-15-9-12-28-23(29)17(15)14-19(21)25/h3-6,9,12-14,16,22H,2,7-8,10-11,27H2,1H3,(H,28,29). The van der Waals surface area contributed by atoms with Crippen LogP contribution in [0.25, 0.3) is 10.8 Å². The molecule has 1 aromatic heterocycles. The molecule has 0 bridgehead atoms. The third-order valence-electron chi connectivity index (χ3n) is 6.50. The van der Waals surface area contributed by atoms with Gasteiger partial charge in [0.2, 0.25) is 0 Å². The van der Waals surface area contributed by atoms with Crippen LogP contribution in [0.5, 0.6) is 5.75 Å². The van der Waals surface area contributed by atoms with Gasteiger partial charge >= 0.3 is 0 Å². The molecule has 1 fully saturated rings. The van der Waals surface area contributed by atoms with Crippen molar-refractivity contribution >= 4 is 22.4 Å². The highest BCUT2D eigenvalue weighted by molar-refractivity contribution is 6.32. The highest BCUT2D eigenvalue weighted by atomic mass is 35.5. The largest absolute Gasteiger partial charge is 0.489 e. The minimum Gasteiger partial charge on any atom is -0.489 e. The van der Waals surface area contributed by atoms with Crippen molar-refractivity contribution in [3.05, 3.63) is 75.4 Å². The number of hydrogen-bond donors (Lipinski definition) is 2. The molecule has 0 radical (unpaired) electrons. The maximum atomic E-state index is 14.7. The minimum atomic E-state index is -0.388. The van der Waals surface area contributed by atoms with Crippen molar-refractivity contribution in [1.29, 1.82) is 0 Å². The molecule has 0 aliphatic heterocycles. The van der Waals surface area contributed by atoms with Crippen molar-refractivity contribution < 1.29 is 9.13 Å². The second-order valence-electron chi connectivity index (χ2n) is 8.14. The number of aromatic nitrogens is 1. The van der Waals surface area contributed by atoms with Gasteiger partial charge in [0.05, 0.1) is 11.1 Å². The van der Waals surface area contributed by atoms with Crippen LogP contribution in [0.3, 0.4) is 0 Å². The van der Waals surface area contributed by atoms with E-state index < -0.39 is 0 Å². The number of fused-ring (bicyclic) bond motifs is 1. The summed E-state index contributed by atoms with van der Waals surface area (Å²) in [6, 6.07) is 12.1. The summed E-state index contributed by atoms with van der Waals surface area (Å²) in [5.41, 5.74) is 6.66. The fourth-order valence-corrected chi connectivity index (χ4v) is 4.99. The number of aromatic amines is 1. The van der Waals surface area contributed by atoms with Crippen LogP contribution < -0.4 is 16.0 Å². The van der Waals surface area contributed by atoms with Gasteiger partial charge in [-0.1, -0.05) is 36.7 Å². The normalized spacial score (nSPS) is 22.7. The molecule has 1 aliphatic carbocycles. The fraction of sp³-hybridized carbons (Fsp3) is 0.375. The molecule has 4 rings (SSSR count). The maximum absolute atomic E-state index is 14.7. The Bertz CT molecular complexity index is 1110. The number of nitrogens with one attached hydrogen (secondary N) is 1. The summed E-state index contributed by atoms with van der Waals surface area (Å²) in [6.45, 7) is 2.05. The van der Waals surface area contributed by atoms with Crippen molar-refractivity contribution in [2.45, 2.75) is 56.6 Å². The summed E-state index contributed by atoms with van der Waals surface area (Å²) >= 11 is 6.39. The zero-order valence-electron chi connectivity index (χ0n) is 17.0. The quantitative estimate of drug-likeness (QED) is 0.578. The van der Waals surface area contributed by atoms with Gasteiger partial charge < -0.3 is 15.5 Å². The van der Waals surface area contributed by atoms with Crippen molar-refractivity contribution in [2.75, 3.05) is 0 Å². The van der Waals surface area contributed by atoms with Crippen molar-refractivity contribution in [1.82, 2.24) is 4.98 Å². The Labute approximate surface area is 180 Å². The maximum Gasteiger partial charge on any atom is 0.255 e. The molecule has 2 aromatic carbocycles. The molecule has 1 unspecified atom stereocenters. The molecule has 158 valence electrons. The van der Waals surface area contributed by atoms with Gasteiger partial charge in [-0.3, -0.25) is 4.79 Å². The van der Waals surface area contributed by atoms with E-state index in [4.69, 9.17) is 22.1 Å². The van der Waals surface area contributed by atoms with Crippen molar-refractivity contribution in [3.63, 3.8) is 0 Å². The molecule has 30 heavy (non-hydrogen) atoms. The number of nitrogens with two attached hydrogens (primary N) is 1. The SMILES string of the molecule is CCC(N)C1(c2ccccc2F)CCC(Oc2cc3cc[nH]c(=O)c3cc2Cl)CC1. The first kappa shape index (κ1) is 20.9. The van der Waals surface area contributed by atoms with E-state index in [9.17, 15) is 9.18 Å². The molecular formula is C24H26ClFN2O2. The number of pyridine rings is 1. The van der Waals surface area contributed by atoms with E-state index >= 15 is 0 Å². The summed E-state index contributed by atoms with van der Waals surface area (Å²) in [5.74, 6) is 0.376. The summed E-state index contributed by atoms with van der Waals surface area (Å²) in [5, 5.41) is 1.73. The van der Waals surface area contributed by atoms with Crippen LogP contribution in [0.2, 0.25) is 5.02 Å². The van der Waals surface area contributed by atoms with Crippen LogP contribution in [-0.4, -0.2) is 17.1 Å². The molecule has 3 N–H and O–H groups in total. The average molecular weight is 429 g/mol. The lowest BCUT2D eigenvalue weighted by Gasteiger charge is -2.44. The first-order valence-electron chi connectivity index (χ1n) is 10.4. The molecule has 1 saturated carbocycles. The van der Waals surface area contributed by atoms with Gasteiger partial charge in [0.25, 0.3) is 5.56 Å². The summed E-state index contributed by atoms with van der Waals surface area (Å²) in [6.07, 6.45) is 5.36. The molecule has 1 atom stereocenters. The molecule has 6 heteroatoms. The first-order chi connectivity index (χ1) is 14.4. The Morgan fingerprint density at radius 3 is 2.70 bits per heavy atom. The van der Waals surface area contributed by atoms with Gasteiger partial charge in [0, 0.05) is 23.0 Å². The lowest BCUT2D eigenvalue weighted by atomic mass is 9.63. The molecule has 3 aromatic rings. The number of ether oxygens (including phenoxy) is 1. The molecule has 0 spiro atoms. The third kappa shape index (κ3) is 3.72. The van der Waals surface area contributed by atoms with Gasteiger partial charge in [-0.15, -0.1) is 0 Å². The van der Waals surface area contributed by atoms with E-state index in [0.29, 0.717) is 21.7 Å². The predicted molar refractivity (Wildman–Crippen MR) is 119 cm³/mol. The van der Waals surface area contributed by atoms with Gasteiger partial charge in [-0.25, -0.2) is 4.39 Å². The highest BCUT2D eigenvalue weighted by Crippen LogP contribution is 2.44. The van der Waals surface area contributed by atoms with Crippen molar-refractivity contribution in [2.24, 2.45) is 5.73 Å². The first-order valence-corrected chi connectivity index (χ1v) is 10.8. The van der Waals surface area contributed by atoms with E-state index in [2.05, 4.69) is 4.98 Å². The summed E-state index contributed by atoms with van der Waals surface area (Å²) in [4.78, 5) is 14.6. The van der Waals surface area contributed by atoms with Crippen LogP contribution >= 0.6 is 11.6 Å². The highest BCUT2D eigenvalue weighted by Gasteiger charge is 2.43. The second-order valence-corrected chi connectivity index (χ2v) is 8.55. The van der Waals surface area contributed by atoms with Gasteiger partial charge in [0.15, 0.2) is 0 Å². The second kappa shape index (κ2) is 8.40. The average Bonchev–Trinajstić information content (AvgIpc) is 2.75. The topological polar surface area (TPSA) is 68.1 Å². The van der Waals surface area contributed by atoms with E-state index in [1.165, 1.54) is 6.07 Å². The lowest BCUT2D eigenvalue weighted by molar-refractivity contribution is 0.102. The number of rotatable bonds is 5. The van der Waals surface area contributed by atoms with Gasteiger partial charge in [-0.2, -0.15) is 0 Å². The summed E-state index contributed by atoms with van der Waals surface area (Å²) in [7, 11) is 0. The van der Waals surface area contributed by atoms with E-state index in [-0.39, 0.29) is 28.9 Å². The number of hydrogen-bond acceptors (Lipinski definition) is 3. The molecule has 1 heterocycles. The van der Waals surface area contributed by atoms with Crippen LogP contribution in [0, 0.1) is 5.82 Å². The third-order valence-corrected chi connectivity index (χ3v) is 6.80. The zero-order valence-corrected chi connectivity index (χ0v) is 17.7. The molecule has 1 aliphatic rings. The van der Waals surface area contributed by atoms with Crippen LogP contribution in [0.4, 0.5) is 4.39 Å². The fourth-order valence-electron chi connectivity index (χ4n) is 4.78. The van der Waals surface area contributed by atoms with E-state index in [1.54, 1.807) is 18.3 Å². The Morgan fingerprint density at radius 2 is 2.00 bits per heavy atom. The van der Waals surface area contributed by atoms with Crippen molar-refractivity contribution in [3.8, 4) is 5.75 Å². The molecule has 4 nitrogen and oxygen atoms in total. The number of H-pyrrole nitrogens is 1. The molecular weight excluding hydrogens is 403 g/mol. The predicted octanol–water partition coefficient (Wildman–Crippen LogP) is 5.32. The van der Waals surface area contributed by atoms with Gasteiger partial charge in [-0.05, 0) is 67.3 Å². The molecule has 0 saturated heterocycles. The Balaban J connectivity index is 1.56. The van der Waals surface area contributed by atoms with Crippen LogP contribution in [-0.2, 0) is 5.41 Å². The number of halogens is 2.